The predicted octanol–water partition coefficient (Wildman–Crippen LogP) is 1.25. The lowest BCUT2D eigenvalue weighted by Gasteiger charge is -2.16. The van der Waals surface area contributed by atoms with Crippen LogP contribution in [0.2, 0.25) is 0 Å². The van der Waals surface area contributed by atoms with E-state index in [9.17, 15) is 4.79 Å². The maximum Gasteiger partial charge on any atom is 0.217 e. The highest BCUT2D eigenvalue weighted by molar-refractivity contribution is 5.73. The standard InChI is InChI=1S/C16H19N5O/c1-12(22)20-14-5-7-21(11-14)10-13-8-18-16(19-9-13)15-4-2-3-6-17-15/h2-4,6,8-9,14H,5,7,10-11H2,1H3,(H,20,22). The molecular formula is C16H19N5O. The largest absolute Gasteiger partial charge is 0.352 e. The van der Waals surface area contributed by atoms with Crippen LogP contribution in [0.1, 0.15) is 18.9 Å². The Morgan fingerprint density at radius 3 is 2.82 bits per heavy atom. The van der Waals surface area contributed by atoms with Gasteiger partial charge in [0.1, 0.15) is 5.69 Å². The van der Waals surface area contributed by atoms with Crippen LogP contribution in [0.15, 0.2) is 36.8 Å². The Labute approximate surface area is 129 Å². The lowest BCUT2D eigenvalue weighted by atomic mass is 10.2. The SMILES string of the molecule is CC(=O)NC1CCN(Cc2cnc(-c3ccccn3)nc2)C1. The first-order valence-electron chi connectivity index (χ1n) is 7.42. The van der Waals surface area contributed by atoms with Crippen LogP contribution < -0.4 is 5.32 Å². The fourth-order valence-electron chi connectivity index (χ4n) is 2.70. The maximum atomic E-state index is 11.1. The molecule has 1 N–H and O–H groups in total. The molecule has 0 saturated carbocycles. The number of rotatable bonds is 4. The number of nitrogens with zero attached hydrogens (tertiary/aromatic N) is 4. The summed E-state index contributed by atoms with van der Waals surface area (Å²) in [4.78, 5) is 26.4. The van der Waals surface area contributed by atoms with Gasteiger partial charge in [0, 0.05) is 56.8 Å². The molecule has 0 spiro atoms. The Morgan fingerprint density at radius 2 is 2.14 bits per heavy atom. The molecular weight excluding hydrogens is 278 g/mol. The molecule has 0 bridgehead atoms. The average Bonchev–Trinajstić information content (AvgIpc) is 2.95. The van der Waals surface area contributed by atoms with Gasteiger partial charge in [-0.2, -0.15) is 0 Å². The summed E-state index contributed by atoms with van der Waals surface area (Å²) in [6.07, 6.45) is 6.43. The van der Waals surface area contributed by atoms with Gasteiger partial charge in [-0.15, -0.1) is 0 Å². The Kier molecular flexibility index (Phi) is 4.39. The molecule has 114 valence electrons. The average molecular weight is 297 g/mol. The van der Waals surface area contributed by atoms with Crippen molar-refractivity contribution in [3.63, 3.8) is 0 Å². The van der Waals surface area contributed by atoms with Crippen LogP contribution in [0.4, 0.5) is 0 Å². The Hall–Kier alpha value is -2.34. The molecule has 1 unspecified atom stereocenters. The van der Waals surface area contributed by atoms with E-state index in [0.717, 1.165) is 37.3 Å². The number of hydrogen-bond donors (Lipinski definition) is 1. The van der Waals surface area contributed by atoms with Crippen molar-refractivity contribution in [3.8, 4) is 11.5 Å². The van der Waals surface area contributed by atoms with Crippen molar-refractivity contribution in [2.75, 3.05) is 13.1 Å². The third-order valence-electron chi connectivity index (χ3n) is 3.69. The number of aromatic nitrogens is 3. The second-order valence-corrected chi connectivity index (χ2v) is 5.55. The van der Waals surface area contributed by atoms with Crippen LogP contribution >= 0.6 is 0 Å². The highest BCUT2D eigenvalue weighted by atomic mass is 16.1. The number of likely N-dealkylation sites (tertiary alicyclic amines) is 1. The quantitative estimate of drug-likeness (QED) is 0.919. The molecule has 22 heavy (non-hydrogen) atoms. The number of pyridine rings is 1. The van der Waals surface area contributed by atoms with Crippen molar-refractivity contribution in [1.29, 1.82) is 0 Å². The molecule has 1 amide bonds. The molecule has 1 atom stereocenters. The lowest BCUT2D eigenvalue weighted by molar-refractivity contribution is -0.119. The minimum atomic E-state index is 0.0369. The smallest absolute Gasteiger partial charge is 0.217 e. The fourth-order valence-corrected chi connectivity index (χ4v) is 2.70. The van der Waals surface area contributed by atoms with E-state index in [0.29, 0.717) is 5.82 Å². The number of carbonyl (C=O) groups excluding carboxylic acids is 1. The zero-order valence-corrected chi connectivity index (χ0v) is 12.6. The van der Waals surface area contributed by atoms with Crippen LogP contribution in [0, 0.1) is 0 Å². The summed E-state index contributed by atoms with van der Waals surface area (Å²) in [5.41, 5.74) is 1.85. The van der Waals surface area contributed by atoms with Crippen molar-refractivity contribution >= 4 is 5.91 Å². The van der Waals surface area contributed by atoms with Gasteiger partial charge >= 0.3 is 0 Å². The van der Waals surface area contributed by atoms with E-state index in [-0.39, 0.29) is 11.9 Å². The third kappa shape index (κ3) is 3.65. The molecule has 6 heteroatoms. The second-order valence-electron chi connectivity index (χ2n) is 5.55. The van der Waals surface area contributed by atoms with Gasteiger partial charge in [0.2, 0.25) is 5.91 Å². The normalized spacial score (nSPS) is 18.3. The summed E-state index contributed by atoms with van der Waals surface area (Å²) in [5.74, 6) is 0.678. The topological polar surface area (TPSA) is 71.0 Å². The second kappa shape index (κ2) is 6.62. The molecule has 1 saturated heterocycles. The summed E-state index contributed by atoms with van der Waals surface area (Å²) in [6.45, 7) is 4.22. The highest BCUT2D eigenvalue weighted by Crippen LogP contribution is 2.14. The number of amides is 1. The molecule has 3 heterocycles. The first kappa shape index (κ1) is 14.6. The summed E-state index contributed by atoms with van der Waals surface area (Å²) in [6, 6.07) is 5.95. The van der Waals surface area contributed by atoms with E-state index >= 15 is 0 Å². The van der Waals surface area contributed by atoms with Crippen molar-refractivity contribution in [1.82, 2.24) is 25.2 Å². The van der Waals surface area contributed by atoms with Gasteiger partial charge in [0.25, 0.3) is 0 Å². The third-order valence-corrected chi connectivity index (χ3v) is 3.69. The lowest BCUT2D eigenvalue weighted by Crippen LogP contribution is -2.35. The molecule has 0 aromatic carbocycles. The maximum absolute atomic E-state index is 11.1. The first-order chi connectivity index (χ1) is 10.7. The van der Waals surface area contributed by atoms with Gasteiger partial charge in [-0.25, -0.2) is 9.97 Å². The van der Waals surface area contributed by atoms with E-state index in [2.05, 4.69) is 25.2 Å². The van der Waals surface area contributed by atoms with Crippen LogP contribution in [-0.2, 0) is 11.3 Å². The van der Waals surface area contributed by atoms with E-state index in [1.165, 1.54) is 0 Å². The number of carbonyl (C=O) groups is 1. The highest BCUT2D eigenvalue weighted by Gasteiger charge is 2.22. The van der Waals surface area contributed by atoms with E-state index in [1.807, 2.05) is 30.6 Å². The molecule has 0 radical (unpaired) electrons. The summed E-state index contributed by atoms with van der Waals surface area (Å²) < 4.78 is 0. The van der Waals surface area contributed by atoms with Crippen LogP contribution in [0.5, 0.6) is 0 Å². The first-order valence-corrected chi connectivity index (χ1v) is 7.42. The molecule has 1 aliphatic rings. The Morgan fingerprint density at radius 1 is 1.32 bits per heavy atom. The van der Waals surface area contributed by atoms with Crippen LogP contribution in [-0.4, -0.2) is 44.9 Å². The monoisotopic (exact) mass is 297 g/mol. The van der Waals surface area contributed by atoms with E-state index in [4.69, 9.17) is 0 Å². The summed E-state index contributed by atoms with van der Waals surface area (Å²) in [7, 11) is 0. The van der Waals surface area contributed by atoms with Gasteiger partial charge in [-0.05, 0) is 18.6 Å². The van der Waals surface area contributed by atoms with Crippen molar-refractivity contribution in [2.45, 2.75) is 25.9 Å². The minimum Gasteiger partial charge on any atom is -0.352 e. The molecule has 3 rings (SSSR count). The molecule has 6 nitrogen and oxygen atoms in total. The Bertz CT molecular complexity index is 629. The molecule has 1 aliphatic heterocycles. The van der Waals surface area contributed by atoms with Gasteiger partial charge in [0.15, 0.2) is 5.82 Å². The molecule has 2 aromatic heterocycles. The van der Waals surface area contributed by atoms with Crippen LogP contribution in [0.25, 0.3) is 11.5 Å². The number of hydrogen-bond acceptors (Lipinski definition) is 5. The van der Waals surface area contributed by atoms with Crippen molar-refractivity contribution in [3.05, 3.63) is 42.4 Å². The van der Waals surface area contributed by atoms with Gasteiger partial charge in [0.05, 0.1) is 0 Å². The van der Waals surface area contributed by atoms with Gasteiger partial charge in [-0.1, -0.05) is 6.07 Å². The zero-order valence-electron chi connectivity index (χ0n) is 12.6. The van der Waals surface area contributed by atoms with Gasteiger partial charge in [-0.3, -0.25) is 14.7 Å². The van der Waals surface area contributed by atoms with E-state index in [1.54, 1.807) is 13.1 Å². The summed E-state index contributed by atoms with van der Waals surface area (Å²) >= 11 is 0. The molecule has 1 fully saturated rings. The van der Waals surface area contributed by atoms with Gasteiger partial charge < -0.3 is 5.32 Å². The Balaban J connectivity index is 1.59. The molecule has 0 aliphatic carbocycles. The number of nitrogens with one attached hydrogen (secondary N) is 1. The van der Waals surface area contributed by atoms with Crippen molar-refractivity contribution in [2.24, 2.45) is 0 Å². The molecule has 2 aromatic rings. The summed E-state index contributed by atoms with van der Waals surface area (Å²) in [5, 5.41) is 2.97. The zero-order chi connectivity index (χ0) is 15.4. The van der Waals surface area contributed by atoms with Crippen LogP contribution in [0.3, 0.4) is 0 Å². The fraction of sp³-hybridized carbons (Fsp3) is 0.375. The van der Waals surface area contributed by atoms with E-state index < -0.39 is 0 Å². The van der Waals surface area contributed by atoms with Crippen molar-refractivity contribution < 1.29 is 4.79 Å². The minimum absolute atomic E-state index is 0.0369. The predicted molar refractivity (Wildman–Crippen MR) is 82.8 cm³/mol.